The summed E-state index contributed by atoms with van der Waals surface area (Å²) in [5.74, 6) is 7.51. The Morgan fingerprint density at radius 3 is 2.22 bits per heavy atom. The van der Waals surface area contributed by atoms with E-state index in [4.69, 9.17) is 18.9 Å². The first-order valence-corrected chi connectivity index (χ1v) is 8.33. The molecule has 0 saturated carbocycles. The highest BCUT2D eigenvalue weighted by Crippen LogP contribution is 2.38. The first-order valence-electron chi connectivity index (χ1n) is 8.33. The van der Waals surface area contributed by atoms with Crippen molar-refractivity contribution in [2.45, 2.75) is 6.92 Å². The lowest BCUT2D eigenvalue weighted by Gasteiger charge is -2.13. The number of amides is 1. The van der Waals surface area contributed by atoms with Gasteiger partial charge in [0.05, 0.1) is 27.9 Å². The van der Waals surface area contributed by atoms with Gasteiger partial charge in [0.25, 0.3) is 5.91 Å². The summed E-state index contributed by atoms with van der Waals surface area (Å²) in [5, 5.41) is 2.73. The highest BCUT2D eigenvalue weighted by molar-refractivity contribution is 5.95. The molecule has 2 rings (SSSR count). The van der Waals surface area contributed by atoms with Gasteiger partial charge in [0.15, 0.2) is 11.5 Å². The van der Waals surface area contributed by atoms with E-state index >= 15 is 0 Å². The third-order valence-corrected chi connectivity index (χ3v) is 3.78. The molecule has 6 nitrogen and oxygen atoms in total. The van der Waals surface area contributed by atoms with Gasteiger partial charge in [-0.25, -0.2) is 0 Å². The third kappa shape index (κ3) is 5.32. The average Bonchev–Trinajstić information content (AvgIpc) is 2.70. The lowest BCUT2D eigenvalue weighted by molar-refractivity contribution is 0.0958. The molecule has 0 heterocycles. The number of para-hydroxylation sites is 1. The summed E-state index contributed by atoms with van der Waals surface area (Å²) in [6.45, 7) is 2.43. The van der Waals surface area contributed by atoms with Gasteiger partial charge in [-0.2, -0.15) is 0 Å². The maximum Gasteiger partial charge on any atom is 0.252 e. The second kappa shape index (κ2) is 9.97. The molecule has 0 aliphatic heterocycles. The van der Waals surface area contributed by atoms with E-state index < -0.39 is 0 Å². The van der Waals surface area contributed by atoms with Gasteiger partial charge in [0.2, 0.25) is 5.75 Å². The number of hydrogen-bond acceptors (Lipinski definition) is 5. The van der Waals surface area contributed by atoms with Crippen molar-refractivity contribution in [3.8, 4) is 34.8 Å². The number of carbonyl (C=O) groups excluding carboxylic acids is 1. The number of benzene rings is 2. The minimum Gasteiger partial charge on any atom is -0.493 e. The first kappa shape index (κ1) is 20.0. The molecule has 1 amide bonds. The summed E-state index contributed by atoms with van der Waals surface area (Å²) in [4.78, 5) is 12.3. The van der Waals surface area contributed by atoms with E-state index in [-0.39, 0.29) is 19.1 Å². The third-order valence-electron chi connectivity index (χ3n) is 3.78. The molecule has 1 N–H and O–H groups in total. The molecule has 0 spiro atoms. The zero-order chi connectivity index (χ0) is 19.6. The van der Waals surface area contributed by atoms with E-state index in [0.717, 1.165) is 11.3 Å². The Morgan fingerprint density at radius 1 is 0.963 bits per heavy atom. The Labute approximate surface area is 159 Å². The van der Waals surface area contributed by atoms with Crippen LogP contribution >= 0.6 is 0 Å². The fourth-order valence-corrected chi connectivity index (χ4v) is 2.38. The van der Waals surface area contributed by atoms with E-state index in [0.29, 0.717) is 22.8 Å². The lowest BCUT2D eigenvalue weighted by atomic mass is 10.1. The Kier molecular flexibility index (Phi) is 7.38. The maximum atomic E-state index is 12.3. The zero-order valence-corrected chi connectivity index (χ0v) is 15.9. The predicted octanol–water partition coefficient (Wildman–Crippen LogP) is 2.83. The smallest absolute Gasteiger partial charge is 0.252 e. The van der Waals surface area contributed by atoms with Gasteiger partial charge in [0.1, 0.15) is 12.4 Å². The van der Waals surface area contributed by atoms with Crippen molar-refractivity contribution in [2.75, 3.05) is 34.5 Å². The molecular formula is C21H23NO5. The van der Waals surface area contributed by atoms with Crippen molar-refractivity contribution in [1.82, 2.24) is 5.32 Å². The summed E-state index contributed by atoms with van der Waals surface area (Å²) in [6, 6.07) is 10.9. The van der Waals surface area contributed by atoms with E-state index in [1.807, 2.05) is 31.2 Å². The van der Waals surface area contributed by atoms with Crippen LogP contribution in [0.4, 0.5) is 0 Å². The van der Waals surface area contributed by atoms with Gasteiger partial charge < -0.3 is 24.3 Å². The highest BCUT2D eigenvalue weighted by atomic mass is 16.5. The molecule has 0 aromatic heterocycles. The molecule has 2 aromatic carbocycles. The Balaban J connectivity index is 1.92. The van der Waals surface area contributed by atoms with Crippen molar-refractivity contribution in [2.24, 2.45) is 0 Å². The molecule has 0 atom stereocenters. The molecular weight excluding hydrogens is 346 g/mol. The summed E-state index contributed by atoms with van der Waals surface area (Å²) >= 11 is 0. The number of hydrogen-bond donors (Lipinski definition) is 1. The van der Waals surface area contributed by atoms with Crippen molar-refractivity contribution >= 4 is 5.91 Å². The number of methoxy groups -OCH3 is 3. The Morgan fingerprint density at radius 2 is 1.63 bits per heavy atom. The molecule has 0 aliphatic carbocycles. The summed E-state index contributed by atoms with van der Waals surface area (Å²) in [7, 11) is 4.51. The van der Waals surface area contributed by atoms with Crippen molar-refractivity contribution in [3.63, 3.8) is 0 Å². The van der Waals surface area contributed by atoms with Crippen LogP contribution in [-0.4, -0.2) is 40.4 Å². The molecule has 0 bridgehead atoms. The van der Waals surface area contributed by atoms with E-state index in [1.165, 1.54) is 21.3 Å². The second-order valence-electron chi connectivity index (χ2n) is 5.50. The topological polar surface area (TPSA) is 66.0 Å². The van der Waals surface area contributed by atoms with Crippen LogP contribution in [0.3, 0.4) is 0 Å². The normalized spacial score (nSPS) is 9.63. The van der Waals surface area contributed by atoms with Crippen molar-refractivity contribution in [1.29, 1.82) is 0 Å². The molecule has 0 aliphatic rings. The van der Waals surface area contributed by atoms with Gasteiger partial charge in [-0.05, 0) is 30.7 Å². The number of rotatable bonds is 7. The summed E-state index contributed by atoms with van der Waals surface area (Å²) < 4.78 is 21.3. The molecule has 27 heavy (non-hydrogen) atoms. The van der Waals surface area contributed by atoms with Gasteiger partial charge in [-0.15, -0.1) is 0 Å². The number of carbonyl (C=O) groups is 1. The van der Waals surface area contributed by atoms with Crippen LogP contribution in [0.5, 0.6) is 23.0 Å². The Hall–Kier alpha value is -3.33. The zero-order valence-electron chi connectivity index (χ0n) is 15.9. The SMILES string of the molecule is COc1cc(C(=O)NCC#CCOc2ccccc2C)cc(OC)c1OC. The molecule has 0 unspecified atom stereocenters. The molecule has 0 saturated heterocycles. The van der Waals surface area contributed by atoms with Crippen LogP contribution < -0.4 is 24.3 Å². The second-order valence-corrected chi connectivity index (χ2v) is 5.50. The van der Waals surface area contributed by atoms with Crippen LogP contribution in [0, 0.1) is 18.8 Å². The maximum absolute atomic E-state index is 12.3. The van der Waals surface area contributed by atoms with Crippen LogP contribution in [0.15, 0.2) is 36.4 Å². The number of ether oxygens (including phenoxy) is 4. The summed E-state index contributed by atoms with van der Waals surface area (Å²) in [5.41, 5.74) is 1.44. The van der Waals surface area contributed by atoms with Gasteiger partial charge in [0, 0.05) is 5.56 Å². The lowest BCUT2D eigenvalue weighted by Crippen LogP contribution is -2.23. The van der Waals surface area contributed by atoms with Crippen LogP contribution in [-0.2, 0) is 0 Å². The van der Waals surface area contributed by atoms with Crippen molar-refractivity contribution in [3.05, 3.63) is 47.5 Å². The van der Waals surface area contributed by atoms with Crippen LogP contribution in [0.1, 0.15) is 15.9 Å². The fourth-order valence-electron chi connectivity index (χ4n) is 2.38. The predicted molar refractivity (Wildman–Crippen MR) is 103 cm³/mol. The summed E-state index contributed by atoms with van der Waals surface area (Å²) in [6.07, 6.45) is 0. The Bertz CT molecular complexity index is 826. The minimum absolute atomic E-state index is 0.201. The monoisotopic (exact) mass is 369 g/mol. The van der Waals surface area contributed by atoms with E-state index in [1.54, 1.807) is 12.1 Å². The first-order chi connectivity index (χ1) is 13.1. The average molecular weight is 369 g/mol. The number of nitrogens with one attached hydrogen (secondary N) is 1. The standard InChI is InChI=1S/C21H23NO5/c1-15-9-5-6-10-17(15)27-12-8-7-11-22-21(23)16-13-18(24-2)20(26-4)19(14-16)25-3/h5-6,9-10,13-14H,11-12H2,1-4H3,(H,22,23). The van der Waals surface area contributed by atoms with Crippen LogP contribution in [0.25, 0.3) is 0 Å². The van der Waals surface area contributed by atoms with Gasteiger partial charge in [-0.1, -0.05) is 30.0 Å². The molecule has 0 radical (unpaired) electrons. The van der Waals surface area contributed by atoms with Gasteiger partial charge >= 0.3 is 0 Å². The largest absolute Gasteiger partial charge is 0.493 e. The molecule has 0 fully saturated rings. The van der Waals surface area contributed by atoms with E-state index in [2.05, 4.69) is 17.2 Å². The molecule has 6 heteroatoms. The quantitative estimate of drug-likeness (QED) is 0.761. The van der Waals surface area contributed by atoms with Gasteiger partial charge in [-0.3, -0.25) is 4.79 Å². The van der Waals surface area contributed by atoms with E-state index in [9.17, 15) is 4.79 Å². The minimum atomic E-state index is -0.289. The van der Waals surface area contributed by atoms with Crippen molar-refractivity contribution < 1.29 is 23.7 Å². The molecule has 142 valence electrons. The van der Waals surface area contributed by atoms with Crippen LogP contribution in [0.2, 0.25) is 0 Å². The number of aryl methyl sites for hydroxylation is 1. The highest BCUT2D eigenvalue weighted by Gasteiger charge is 2.16. The molecule has 2 aromatic rings. The fraction of sp³-hybridized carbons (Fsp3) is 0.286.